The van der Waals surface area contributed by atoms with Crippen molar-refractivity contribution in [2.75, 3.05) is 5.32 Å². The molecule has 0 unspecified atom stereocenters. The topological polar surface area (TPSA) is 68.0 Å². The highest BCUT2D eigenvalue weighted by Crippen LogP contribution is 2.28. The van der Waals surface area contributed by atoms with Crippen LogP contribution in [0.5, 0.6) is 0 Å². The SMILES string of the molecule is c1ccc(-c2nnn3c2nc(NCc2ccncc2)c2ccccc23)cc1. The fraction of sp³-hybridized carbons (Fsp3) is 0.0476. The number of anilines is 1. The van der Waals surface area contributed by atoms with Crippen molar-refractivity contribution < 1.29 is 0 Å². The van der Waals surface area contributed by atoms with E-state index in [1.807, 2.05) is 66.7 Å². The van der Waals surface area contributed by atoms with Crippen LogP contribution in [0.4, 0.5) is 5.82 Å². The second-order valence-corrected chi connectivity index (χ2v) is 6.23. The number of nitrogens with zero attached hydrogens (tertiary/aromatic N) is 5. The molecular weight excluding hydrogens is 336 g/mol. The monoisotopic (exact) mass is 352 g/mol. The number of hydrogen-bond donors (Lipinski definition) is 1. The number of benzene rings is 2. The van der Waals surface area contributed by atoms with Crippen LogP contribution in [-0.2, 0) is 6.54 Å². The third-order valence-corrected chi connectivity index (χ3v) is 4.51. The van der Waals surface area contributed by atoms with Crippen molar-refractivity contribution in [2.24, 2.45) is 0 Å². The molecular formula is C21H16N6. The smallest absolute Gasteiger partial charge is 0.186 e. The van der Waals surface area contributed by atoms with Crippen molar-refractivity contribution in [2.45, 2.75) is 6.54 Å². The Morgan fingerprint density at radius 1 is 0.852 bits per heavy atom. The van der Waals surface area contributed by atoms with E-state index in [0.29, 0.717) is 6.54 Å². The molecule has 6 nitrogen and oxygen atoms in total. The molecule has 0 aliphatic carbocycles. The summed E-state index contributed by atoms with van der Waals surface area (Å²) in [6.45, 7) is 0.665. The minimum absolute atomic E-state index is 0.665. The molecule has 6 heteroatoms. The van der Waals surface area contributed by atoms with Gasteiger partial charge in [-0.3, -0.25) is 4.98 Å². The highest BCUT2D eigenvalue weighted by molar-refractivity contribution is 5.93. The zero-order chi connectivity index (χ0) is 18.1. The standard InChI is InChI=1S/C21H16N6/c1-2-6-16(7-3-1)19-21-24-20(23-14-15-10-12-22-13-11-15)17-8-4-5-9-18(17)27(21)26-25-19/h1-13H,14H2,(H,23,24). The zero-order valence-corrected chi connectivity index (χ0v) is 14.4. The molecule has 0 spiro atoms. The first-order valence-corrected chi connectivity index (χ1v) is 8.72. The van der Waals surface area contributed by atoms with Crippen molar-refractivity contribution in [3.63, 3.8) is 0 Å². The Morgan fingerprint density at radius 2 is 1.63 bits per heavy atom. The molecule has 130 valence electrons. The van der Waals surface area contributed by atoms with Crippen LogP contribution in [0.1, 0.15) is 5.56 Å². The third kappa shape index (κ3) is 2.77. The number of rotatable bonds is 4. The van der Waals surface area contributed by atoms with E-state index in [1.165, 1.54) is 0 Å². The summed E-state index contributed by atoms with van der Waals surface area (Å²) in [6, 6.07) is 22.1. The van der Waals surface area contributed by atoms with Gasteiger partial charge in [-0.1, -0.05) is 47.7 Å². The molecule has 0 saturated carbocycles. The molecule has 3 heterocycles. The largest absolute Gasteiger partial charge is 0.365 e. The summed E-state index contributed by atoms with van der Waals surface area (Å²) in [4.78, 5) is 8.93. The lowest BCUT2D eigenvalue weighted by Gasteiger charge is -2.10. The van der Waals surface area contributed by atoms with E-state index in [1.54, 1.807) is 16.9 Å². The number of fused-ring (bicyclic) bond motifs is 3. The van der Waals surface area contributed by atoms with Gasteiger partial charge in [0.1, 0.15) is 11.5 Å². The predicted octanol–water partition coefficient (Wildman–Crippen LogP) is 3.95. The predicted molar refractivity (Wildman–Crippen MR) is 105 cm³/mol. The first kappa shape index (κ1) is 15.5. The molecule has 0 bridgehead atoms. The van der Waals surface area contributed by atoms with Gasteiger partial charge in [0, 0.05) is 29.9 Å². The second-order valence-electron chi connectivity index (χ2n) is 6.23. The van der Waals surface area contributed by atoms with E-state index in [-0.39, 0.29) is 0 Å². The quantitative estimate of drug-likeness (QED) is 0.530. The maximum Gasteiger partial charge on any atom is 0.186 e. The summed E-state index contributed by atoms with van der Waals surface area (Å²) in [5.74, 6) is 0.814. The van der Waals surface area contributed by atoms with Crippen molar-refractivity contribution in [3.05, 3.63) is 84.7 Å². The molecule has 0 amide bonds. The molecule has 2 aromatic carbocycles. The molecule has 27 heavy (non-hydrogen) atoms. The minimum atomic E-state index is 0.665. The van der Waals surface area contributed by atoms with Gasteiger partial charge in [0.25, 0.3) is 0 Å². The number of nitrogens with one attached hydrogen (secondary N) is 1. The Bertz CT molecular complexity index is 1220. The molecule has 0 saturated heterocycles. The van der Waals surface area contributed by atoms with Gasteiger partial charge in [-0.2, -0.15) is 4.52 Å². The second kappa shape index (κ2) is 6.49. The maximum absolute atomic E-state index is 4.87. The van der Waals surface area contributed by atoms with Crippen LogP contribution in [0.25, 0.3) is 27.8 Å². The fourth-order valence-electron chi connectivity index (χ4n) is 3.17. The van der Waals surface area contributed by atoms with Gasteiger partial charge >= 0.3 is 0 Å². The number of pyridine rings is 1. The molecule has 0 aliphatic heterocycles. The fourth-order valence-corrected chi connectivity index (χ4v) is 3.17. The van der Waals surface area contributed by atoms with Crippen LogP contribution in [0.2, 0.25) is 0 Å². The van der Waals surface area contributed by atoms with E-state index in [4.69, 9.17) is 4.98 Å². The van der Waals surface area contributed by atoms with Crippen molar-refractivity contribution >= 4 is 22.4 Å². The van der Waals surface area contributed by atoms with Crippen LogP contribution >= 0.6 is 0 Å². The minimum Gasteiger partial charge on any atom is -0.365 e. The number of aromatic nitrogens is 5. The Balaban J connectivity index is 1.66. The average Bonchev–Trinajstić information content (AvgIpc) is 3.17. The molecule has 5 aromatic rings. The van der Waals surface area contributed by atoms with E-state index in [9.17, 15) is 0 Å². The van der Waals surface area contributed by atoms with Crippen LogP contribution in [-0.4, -0.2) is 24.8 Å². The summed E-state index contributed by atoms with van der Waals surface area (Å²) in [5, 5.41) is 13.2. The van der Waals surface area contributed by atoms with Crippen molar-refractivity contribution in [3.8, 4) is 11.3 Å². The number of para-hydroxylation sites is 1. The van der Waals surface area contributed by atoms with E-state index in [2.05, 4.69) is 20.6 Å². The van der Waals surface area contributed by atoms with Crippen LogP contribution in [0.3, 0.4) is 0 Å². The Morgan fingerprint density at radius 3 is 2.48 bits per heavy atom. The Labute approximate surface area is 155 Å². The molecule has 3 aromatic heterocycles. The van der Waals surface area contributed by atoms with Crippen molar-refractivity contribution in [1.29, 1.82) is 0 Å². The third-order valence-electron chi connectivity index (χ3n) is 4.51. The first-order chi connectivity index (χ1) is 13.4. The van der Waals surface area contributed by atoms with Gasteiger partial charge in [0.2, 0.25) is 0 Å². The summed E-state index contributed by atoms with van der Waals surface area (Å²) >= 11 is 0. The van der Waals surface area contributed by atoms with Gasteiger partial charge < -0.3 is 5.32 Å². The van der Waals surface area contributed by atoms with E-state index >= 15 is 0 Å². The number of hydrogen-bond acceptors (Lipinski definition) is 5. The average molecular weight is 352 g/mol. The van der Waals surface area contributed by atoms with E-state index in [0.717, 1.165) is 39.2 Å². The van der Waals surface area contributed by atoms with Crippen LogP contribution in [0, 0.1) is 0 Å². The summed E-state index contributed by atoms with van der Waals surface area (Å²) in [6.07, 6.45) is 3.58. The maximum atomic E-state index is 4.87. The highest BCUT2D eigenvalue weighted by Gasteiger charge is 2.15. The van der Waals surface area contributed by atoms with Gasteiger partial charge in [0.05, 0.1) is 5.52 Å². The molecule has 5 rings (SSSR count). The normalized spacial score (nSPS) is 11.1. The Kier molecular flexibility index (Phi) is 3.72. The van der Waals surface area contributed by atoms with Crippen LogP contribution < -0.4 is 5.32 Å². The molecule has 0 radical (unpaired) electrons. The zero-order valence-electron chi connectivity index (χ0n) is 14.4. The molecule has 0 atom stereocenters. The lowest BCUT2D eigenvalue weighted by molar-refractivity contribution is 0.876. The lowest BCUT2D eigenvalue weighted by Crippen LogP contribution is -2.05. The van der Waals surface area contributed by atoms with Crippen LogP contribution in [0.15, 0.2) is 79.1 Å². The summed E-state index contributed by atoms with van der Waals surface area (Å²) < 4.78 is 1.80. The van der Waals surface area contributed by atoms with Gasteiger partial charge in [-0.05, 0) is 29.8 Å². The molecule has 0 aliphatic rings. The summed E-state index contributed by atoms with van der Waals surface area (Å²) in [7, 11) is 0. The van der Waals surface area contributed by atoms with Gasteiger partial charge in [-0.25, -0.2) is 4.98 Å². The van der Waals surface area contributed by atoms with Gasteiger partial charge in [0.15, 0.2) is 5.65 Å². The lowest BCUT2D eigenvalue weighted by atomic mass is 10.1. The van der Waals surface area contributed by atoms with Gasteiger partial charge in [-0.15, -0.1) is 5.10 Å². The molecule has 0 fully saturated rings. The summed E-state index contributed by atoms with van der Waals surface area (Å²) in [5.41, 5.74) is 4.61. The van der Waals surface area contributed by atoms with E-state index < -0.39 is 0 Å². The highest BCUT2D eigenvalue weighted by atomic mass is 15.4. The van der Waals surface area contributed by atoms with Crippen molar-refractivity contribution in [1.82, 2.24) is 24.8 Å². The molecule has 1 N–H and O–H groups in total. The Hall–Kier alpha value is -3.80. The first-order valence-electron chi connectivity index (χ1n) is 8.72.